The first kappa shape index (κ1) is 27.7. The molecule has 0 radical (unpaired) electrons. The minimum atomic E-state index is -1.47. The molecule has 1 aliphatic rings. The zero-order chi connectivity index (χ0) is 29.2. The average Bonchev–Trinajstić information content (AvgIpc) is 3.50. The number of carbonyl (C=O) groups excluding carboxylic acids is 1. The number of aliphatic hydroxyl groups excluding tert-OH is 3. The first-order valence-electron chi connectivity index (χ1n) is 13.6. The number of nitrogens with zero attached hydrogens (tertiary/aromatic N) is 4. The molecular weight excluding hydrogens is 539 g/mol. The monoisotopic (exact) mass is 568 g/mol. The number of carbonyl (C=O) groups is 1. The molecule has 0 aliphatic carbocycles. The molecule has 1 saturated heterocycles. The van der Waals surface area contributed by atoms with Gasteiger partial charge in [0.05, 0.1) is 12.8 Å². The van der Waals surface area contributed by atoms with Gasteiger partial charge in [-0.3, -0.25) is 4.79 Å². The Labute approximate surface area is 241 Å². The highest BCUT2D eigenvalue weighted by atomic mass is 19.1. The fourth-order valence-corrected chi connectivity index (χ4v) is 5.40. The van der Waals surface area contributed by atoms with Crippen LogP contribution in [0.3, 0.4) is 0 Å². The van der Waals surface area contributed by atoms with Crippen LogP contribution < -0.4 is 0 Å². The number of aliphatic hydroxyl groups is 3. The molecule has 5 aromatic rings. The van der Waals surface area contributed by atoms with Gasteiger partial charge < -0.3 is 25.0 Å². The minimum Gasteiger partial charge on any atom is -0.394 e. The molecule has 5 atom stereocenters. The molecule has 1 fully saturated rings. The van der Waals surface area contributed by atoms with Crippen molar-refractivity contribution in [2.75, 3.05) is 6.61 Å². The smallest absolute Gasteiger partial charge is 0.256 e. The summed E-state index contributed by atoms with van der Waals surface area (Å²) in [7, 11) is 0. The SMILES string of the molecule is O=C(c1ccc2ccccc2c1)N(Cc1ccccc1)[C@@H]1O[C@H](CO)[C@H](O)[C@H](n2cc(-c3cccc(F)c3)nn2)[C@H]1O. The van der Waals surface area contributed by atoms with Gasteiger partial charge in [-0.05, 0) is 40.6 Å². The fraction of sp³-hybridized carbons (Fsp3) is 0.219. The zero-order valence-electron chi connectivity index (χ0n) is 22.4. The van der Waals surface area contributed by atoms with Crippen molar-refractivity contribution in [1.82, 2.24) is 19.9 Å². The summed E-state index contributed by atoms with van der Waals surface area (Å²) in [6.45, 7) is -0.489. The second kappa shape index (κ2) is 11.8. The molecule has 214 valence electrons. The molecule has 6 rings (SSSR count). The van der Waals surface area contributed by atoms with Gasteiger partial charge >= 0.3 is 0 Å². The van der Waals surface area contributed by atoms with Gasteiger partial charge in [0.25, 0.3) is 5.91 Å². The van der Waals surface area contributed by atoms with Crippen LogP contribution in [0.1, 0.15) is 22.0 Å². The van der Waals surface area contributed by atoms with E-state index in [1.807, 2.05) is 60.7 Å². The third-order valence-electron chi connectivity index (χ3n) is 7.56. The van der Waals surface area contributed by atoms with E-state index in [0.29, 0.717) is 16.8 Å². The number of hydrogen-bond donors (Lipinski definition) is 3. The molecule has 42 heavy (non-hydrogen) atoms. The van der Waals surface area contributed by atoms with Crippen molar-refractivity contribution >= 4 is 16.7 Å². The number of hydrogen-bond acceptors (Lipinski definition) is 7. The van der Waals surface area contributed by atoms with Crippen LogP contribution in [0.2, 0.25) is 0 Å². The lowest BCUT2D eigenvalue weighted by atomic mass is 9.94. The molecule has 4 aromatic carbocycles. The van der Waals surface area contributed by atoms with Crippen LogP contribution >= 0.6 is 0 Å². The second-order valence-electron chi connectivity index (χ2n) is 10.3. The lowest BCUT2D eigenvalue weighted by Gasteiger charge is -2.46. The summed E-state index contributed by atoms with van der Waals surface area (Å²) in [5, 5.41) is 43.0. The van der Waals surface area contributed by atoms with Crippen LogP contribution in [0.15, 0.2) is 103 Å². The van der Waals surface area contributed by atoms with E-state index in [0.717, 1.165) is 16.3 Å². The van der Waals surface area contributed by atoms with E-state index in [4.69, 9.17) is 4.74 Å². The Kier molecular flexibility index (Phi) is 7.77. The second-order valence-corrected chi connectivity index (χ2v) is 10.3. The number of rotatable bonds is 7. The molecule has 0 unspecified atom stereocenters. The molecule has 9 nitrogen and oxygen atoms in total. The number of halogens is 1. The predicted molar refractivity (Wildman–Crippen MR) is 152 cm³/mol. The van der Waals surface area contributed by atoms with E-state index in [9.17, 15) is 24.5 Å². The lowest BCUT2D eigenvalue weighted by Crippen LogP contribution is -2.61. The van der Waals surface area contributed by atoms with Crippen molar-refractivity contribution in [3.05, 3.63) is 120 Å². The summed E-state index contributed by atoms with van der Waals surface area (Å²) in [5.41, 5.74) is 1.97. The van der Waals surface area contributed by atoms with Crippen LogP contribution in [-0.4, -0.2) is 72.3 Å². The Morgan fingerprint density at radius 2 is 1.67 bits per heavy atom. The van der Waals surface area contributed by atoms with Gasteiger partial charge in [-0.25, -0.2) is 9.07 Å². The van der Waals surface area contributed by atoms with Crippen LogP contribution in [0.4, 0.5) is 4.39 Å². The van der Waals surface area contributed by atoms with Crippen LogP contribution in [0.25, 0.3) is 22.0 Å². The van der Waals surface area contributed by atoms with Crippen molar-refractivity contribution in [2.24, 2.45) is 0 Å². The van der Waals surface area contributed by atoms with Crippen LogP contribution in [-0.2, 0) is 11.3 Å². The van der Waals surface area contributed by atoms with E-state index in [2.05, 4.69) is 10.3 Å². The largest absolute Gasteiger partial charge is 0.394 e. The van der Waals surface area contributed by atoms with E-state index in [1.165, 1.54) is 27.9 Å². The summed E-state index contributed by atoms with van der Waals surface area (Å²) in [5.74, 6) is -0.850. The molecule has 1 amide bonds. The van der Waals surface area contributed by atoms with Crippen molar-refractivity contribution in [1.29, 1.82) is 0 Å². The molecule has 1 aliphatic heterocycles. The number of amides is 1. The van der Waals surface area contributed by atoms with Gasteiger partial charge in [0.2, 0.25) is 0 Å². The maximum atomic E-state index is 14.1. The molecule has 0 saturated carbocycles. The van der Waals surface area contributed by atoms with Crippen LogP contribution in [0, 0.1) is 5.82 Å². The summed E-state index contributed by atoms with van der Waals surface area (Å²) in [4.78, 5) is 15.5. The van der Waals surface area contributed by atoms with Gasteiger partial charge in [0.1, 0.15) is 35.9 Å². The Morgan fingerprint density at radius 3 is 2.43 bits per heavy atom. The molecule has 3 N–H and O–H groups in total. The lowest BCUT2D eigenvalue weighted by molar-refractivity contribution is -0.239. The van der Waals surface area contributed by atoms with Gasteiger partial charge in [-0.2, -0.15) is 0 Å². The normalized spacial score (nSPS) is 22.2. The molecule has 1 aromatic heterocycles. The van der Waals surface area contributed by atoms with E-state index < -0.39 is 48.9 Å². The van der Waals surface area contributed by atoms with Gasteiger partial charge in [0, 0.05) is 17.7 Å². The van der Waals surface area contributed by atoms with Gasteiger partial charge in [0.15, 0.2) is 6.23 Å². The molecule has 0 spiro atoms. The Bertz CT molecular complexity index is 1700. The van der Waals surface area contributed by atoms with Crippen molar-refractivity contribution in [3.8, 4) is 11.3 Å². The third kappa shape index (κ3) is 5.40. The van der Waals surface area contributed by atoms with Gasteiger partial charge in [-0.15, -0.1) is 5.10 Å². The Morgan fingerprint density at radius 1 is 0.905 bits per heavy atom. The summed E-state index contributed by atoms with van der Waals surface area (Å²) in [6, 6.07) is 27.0. The zero-order valence-corrected chi connectivity index (χ0v) is 22.4. The summed E-state index contributed by atoms with van der Waals surface area (Å²) >= 11 is 0. The highest BCUT2D eigenvalue weighted by Gasteiger charge is 2.49. The average molecular weight is 569 g/mol. The third-order valence-corrected chi connectivity index (χ3v) is 7.56. The predicted octanol–water partition coefficient (Wildman–Crippen LogP) is 3.56. The topological polar surface area (TPSA) is 121 Å². The van der Waals surface area contributed by atoms with Crippen molar-refractivity contribution in [3.63, 3.8) is 0 Å². The first-order chi connectivity index (χ1) is 20.4. The van der Waals surface area contributed by atoms with Crippen molar-refractivity contribution < 1.29 is 29.2 Å². The summed E-state index contributed by atoms with van der Waals surface area (Å²) < 4.78 is 21.1. The number of fused-ring (bicyclic) bond motifs is 1. The highest BCUT2D eigenvalue weighted by Crippen LogP contribution is 2.34. The fourth-order valence-electron chi connectivity index (χ4n) is 5.40. The quantitative estimate of drug-likeness (QED) is 0.275. The maximum absolute atomic E-state index is 14.1. The first-order valence-corrected chi connectivity index (χ1v) is 13.6. The summed E-state index contributed by atoms with van der Waals surface area (Å²) in [6.07, 6.45) is -3.80. The highest BCUT2D eigenvalue weighted by molar-refractivity contribution is 5.98. The van der Waals surface area contributed by atoms with E-state index in [1.54, 1.807) is 24.3 Å². The molecular formula is C32H29FN4O5. The number of benzene rings is 4. The molecule has 10 heteroatoms. The Hall–Kier alpha value is -4.48. The standard InChI is InChI=1S/C32H29FN4O5/c33-25-12-6-11-23(16-25)26-18-37(35-34-26)28-29(39)27(19-38)42-32(30(28)40)36(17-20-7-2-1-3-8-20)31(41)24-14-13-21-9-4-5-10-22(21)15-24/h1-16,18,27-30,32,38-40H,17,19H2/t27-,28+,29+,30-,32-/m1/s1. The minimum absolute atomic E-state index is 0.0844. The number of aromatic nitrogens is 3. The van der Waals surface area contributed by atoms with Gasteiger partial charge in [-0.1, -0.05) is 78.0 Å². The van der Waals surface area contributed by atoms with E-state index in [-0.39, 0.29) is 6.54 Å². The Balaban J connectivity index is 1.38. The van der Waals surface area contributed by atoms with Crippen molar-refractivity contribution in [2.45, 2.75) is 37.1 Å². The maximum Gasteiger partial charge on any atom is 0.256 e. The van der Waals surface area contributed by atoms with E-state index >= 15 is 0 Å². The molecule has 2 heterocycles. The number of ether oxygens (including phenoxy) is 1. The van der Waals surface area contributed by atoms with Crippen LogP contribution in [0.5, 0.6) is 0 Å². The molecule has 0 bridgehead atoms.